The van der Waals surface area contributed by atoms with Crippen LogP contribution in [-0.4, -0.2) is 98.8 Å². The summed E-state index contributed by atoms with van der Waals surface area (Å²) in [5.41, 5.74) is 0.448. The summed E-state index contributed by atoms with van der Waals surface area (Å²) in [5.74, 6) is 0.253. The van der Waals surface area contributed by atoms with E-state index in [9.17, 15) is 9.90 Å². The van der Waals surface area contributed by atoms with Crippen LogP contribution in [-0.2, 0) is 9.47 Å². The van der Waals surface area contributed by atoms with Gasteiger partial charge in [-0.25, -0.2) is 14.8 Å². The Morgan fingerprint density at radius 1 is 1.07 bits per heavy atom. The Bertz CT molecular complexity index is 896. The zero-order chi connectivity index (χ0) is 20.9. The number of rotatable bonds is 7. The summed E-state index contributed by atoms with van der Waals surface area (Å²) in [4.78, 5) is 25.0. The number of aromatic nitrogens is 2. The summed E-state index contributed by atoms with van der Waals surface area (Å²) in [6.45, 7) is 6.76. The molecule has 2 aliphatic rings. The summed E-state index contributed by atoms with van der Waals surface area (Å²) in [6, 6.07) is 3.36. The quantitative estimate of drug-likeness (QED) is 0.696. The van der Waals surface area contributed by atoms with Crippen molar-refractivity contribution in [1.82, 2.24) is 14.9 Å². The van der Waals surface area contributed by atoms with Crippen LogP contribution in [0.3, 0.4) is 0 Å². The molecule has 162 valence electrons. The summed E-state index contributed by atoms with van der Waals surface area (Å²) >= 11 is 0. The molecule has 3 heterocycles. The van der Waals surface area contributed by atoms with E-state index < -0.39 is 5.97 Å². The minimum absolute atomic E-state index is 0.0535. The Morgan fingerprint density at radius 3 is 2.43 bits per heavy atom. The van der Waals surface area contributed by atoms with E-state index in [2.05, 4.69) is 14.9 Å². The standard InChI is InChI=1S/C20H26N4O6/c1-27-16-13-15-14(12-17(16)30-11-4-23-2-7-28-8-3-23)18(19(25)26)22-20(21-15)24-5-9-29-10-6-24/h12-13H,2-11H2,1H3,(H,25,26). The van der Waals surface area contributed by atoms with Crippen molar-refractivity contribution in [2.75, 3.05) is 77.8 Å². The van der Waals surface area contributed by atoms with Crippen molar-refractivity contribution in [3.8, 4) is 11.5 Å². The molecule has 1 N–H and O–H groups in total. The molecule has 2 aliphatic heterocycles. The Morgan fingerprint density at radius 2 is 1.77 bits per heavy atom. The molecule has 1 aromatic carbocycles. The molecule has 0 atom stereocenters. The summed E-state index contributed by atoms with van der Waals surface area (Å²) < 4.78 is 22.1. The molecule has 2 saturated heterocycles. The van der Waals surface area contributed by atoms with Gasteiger partial charge >= 0.3 is 5.97 Å². The van der Waals surface area contributed by atoms with Gasteiger partial charge in [0.05, 0.1) is 39.1 Å². The number of carbonyl (C=O) groups is 1. The molecule has 0 amide bonds. The van der Waals surface area contributed by atoms with Crippen LogP contribution in [0, 0.1) is 0 Å². The number of carboxylic acids is 1. The third-order valence-electron chi connectivity index (χ3n) is 5.23. The molecular formula is C20H26N4O6. The lowest BCUT2D eigenvalue weighted by atomic mass is 10.1. The topological polar surface area (TPSA) is 106 Å². The molecule has 10 nitrogen and oxygen atoms in total. The van der Waals surface area contributed by atoms with Gasteiger partial charge < -0.3 is 29.0 Å². The summed E-state index contributed by atoms with van der Waals surface area (Å²) in [6.07, 6.45) is 0. The predicted octanol–water partition coefficient (Wildman–Crippen LogP) is 0.884. The van der Waals surface area contributed by atoms with Crippen molar-refractivity contribution in [3.63, 3.8) is 0 Å². The number of hydrogen-bond donors (Lipinski definition) is 1. The van der Waals surface area contributed by atoms with Crippen molar-refractivity contribution in [2.45, 2.75) is 0 Å². The number of aromatic carboxylic acids is 1. The molecule has 1 aromatic heterocycles. The van der Waals surface area contributed by atoms with E-state index >= 15 is 0 Å². The SMILES string of the molecule is COc1cc2nc(N3CCOCC3)nc(C(=O)O)c2cc1OCCN1CCOCC1. The number of anilines is 1. The van der Waals surface area contributed by atoms with Crippen molar-refractivity contribution < 1.29 is 28.8 Å². The van der Waals surface area contributed by atoms with E-state index in [1.807, 2.05) is 4.90 Å². The van der Waals surface area contributed by atoms with E-state index in [1.54, 1.807) is 19.2 Å². The van der Waals surface area contributed by atoms with E-state index in [1.165, 1.54) is 0 Å². The van der Waals surface area contributed by atoms with Gasteiger partial charge in [-0.1, -0.05) is 0 Å². The molecule has 2 fully saturated rings. The second-order valence-corrected chi connectivity index (χ2v) is 7.10. The van der Waals surface area contributed by atoms with Gasteiger partial charge in [0.1, 0.15) is 6.61 Å². The molecule has 0 spiro atoms. The van der Waals surface area contributed by atoms with Crippen molar-refractivity contribution >= 4 is 22.8 Å². The molecule has 2 aromatic rings. The lowest BCUT2D eigenvalue weighted by Gasteiger charge is -2.27. The lowest BCUT2D eigenvalue weighted by Crippen LogP contribution is -2.38. The smallest absolute Gasteiger partial charge is 0.355 e. The van der Waals surface area contributed by atoms with Crippen LogP contribution < -0.4 is 14.4 Å². The van der Waals surface area contributed by atoms with Gasteiger partial charge in [-0.3, -0.25) is 4.90 Å². The monoisotopic (exact) mass is 418 g/mol. The fourth-order valence-corrected chi connectivity index (χ4v) is 3.57. The van der Waals surface area contributed by atoms with Gasteiger partial charge in [0.25, 0.3) is 0 Å². The van der Waals surface area contributed by atoms with Gasteiger partial charge in [0.2, 0.25) is 5.95 Å². The average molecular weight is 418 g/mol. The first kappa shape index (κ1) is 20.6. The molecule has 4 rings (SSSR count). The third-order valence-corrected chi connectivity index (χ3v) is 5.23. The number of ether oxygens (including phenoxy) is 4. The largest absolute Gasteiger partial charge is 0.493 e. The predicted molar refractivity (Wildman–Crippen MR) is 109 cm³/mol. The average Bonchev–Trinajstić information content (AvgIpc) is 2.79. The Kier molecular flexibility index (Phi) is 6.46. The number of benzene rings is 1. The Labute approximate surface area is 174 Å². The second kappa shape index (κ2) is 9.41. The van der Waals surface area contributed by atoms with Crippen LogP contribution in [0.15, 0.2) is 12.1 Å². The first-order chi connectivity index (χ1) is 14.7. The molecule has 0 aliphatic carbocycles. The van der Waals surface area contributed by atoms with E-state index in [4.69, 9.17) is 18.9 Å². The fourth-order valence-electron chi connectivity index (χ4n) is 3.57. The molecule has 0 radical (unpaired) electrons. The van der Waals surface area contributed by atoms with Crippen LogP contribution in [0.5, 0.6) is 11.5 Å². The maximum Gasteiger partial charge on any atom is 0.355 e. The Hall–Kier alpha value is -2.69. The highest BCUT2D eigenvalue weighted by Crippen LogP contribution is 2.34. The summed E-state index contributed by atoms with van der Waals surface area (Å²) in [7, 11) is 1.55. The maximum absolute atomic E-state index is 11.9. The van der Waals surface area contributed by atoms with Crippen molar-refractivity contribution in [3.05, 3.63) is 17.8 Å². The van der Waals surface area contributed by atoms with Gasteiger partial charge in [-0.2, -0.15) is 0 Å². The maximum atomic E-state index is 11.9. The van der Waals surface area contributed by atoms with Crippen LogP contribution in [0.4, 0.5) is 5.95 Å². The number of hydrogen-bond acceptors (Lipinski definition) is 9. The van der Waals surface area contributed by atoms with Gasteiger partial charge in [0.15, 0.2) is 17.2 Å². The molecule has 30 heavy (non-hydrogen) atoms. The minimum atomic E-state index is -1.11. The van der Waals surface area contributed by atoms with Crippen LogP contribution in [0.25, 0.3) is 10.9 Å². The molecule has 10 heteroatoms. The second-order valence-electron chi connectivity index (χ2n) is 7.10. The first-order valence-corrected chi connectivity index (χ1v) is 10.0. The van der Waals surface area contributed by atoms with Gasteiger partial charge in [-0.15, -0.1) is 0 Å². The van der Waals surface area contributed by atoms with Crippen LogP contribution in [0.2, 0.25) is 0 Å². The normalized spacial score (nSPS) is 17.8. The zero-order valence-corrected chi connectivity index (χ0v) is 17.0. The molecular weight excluding hydrogens is 392 g/mol. The Balaban J connectivity index is 1.61. The summed E-state index contributed by atoms with van der Waals surface area (Å²) in [5, 5.41) is 10.2. The third kappa shape index (κ3) is 4.55. The fraction of sp³-hybridized carbons (Fsp3) is 0.550. The molecule has 0 unspecified atom stereocenters. The van der Waals surface area contributed by atoms with Gasteiger partial charge in [0, 0.05) is 44.2 Å². The number of methoxy groups -OCH3 is 1. The molecule has 0 saturated carbocycles. The van der Waals surface area contributed by atoms with Gasteiger partial charge in [-0.05, 0) is 6.07 Å². The zero-order valence-electron chi connectivity index (χ0n) is 17.0. The number of nitrogens with zero attached hydrogens (tertiary/aromatic N) is 4. The lowest BCUT2D eigenvalue weighted by molar-refractivity contribution is 0.0321. The highest BCUT2D eigenvalue weighted by molar-refractivity contribution is 6.02. The van der Waals surface area contributed by atoms with Crippen molar-refractivity contribution in [2.24, 2.45) is 0 Å². The van der Waals surface area contributed by atoms with Crippen LogP contribution in [0.1, 0.15) is 10.5 Å². The number of morpholine rings is 2. The van der Waals surface area contributed by atoms with Crippen molar-refractivity contribution in [1.29, 1.82) is 0 Å². The highest BCUT2D eigenvalue weighted by Gasteiger charge is 2.21. The first-order valence-electron chi connectivity index (χ1n) is 10.0. The van der Waals surface area contributed by atoms with Crippen LogP contribution >= 0.6 is 0 Å². The van der Waals surface area contributed by atoms with E-state index in [0.717, 1.165) is 32.8 Å². The molecule has 0 bridgehead atoms. The number of carboxylic acid groups (broad SMARTS) is 1. The number of fused-ring (bicyclic) bond motifs is 1. The van der Waals surface area contributed by atoms with E-state index in [0.29, 0.717) is 61.3 Å². The van der Waals surface area contributed by atoms with E-state index in [-0.39, 0.29) is 5.69 Å². The minimum Gasteiger partial charge on any atom is -0.493 e. The highest BCUT2D eigenvalue weighted by atomic mass is 16.5.